The van der Waals surface area contributed by atoms with E-state index < -0.39 is 0 Å². The predicted octanol–water partition coefficient (Wildman–Crippen LogP) is 3.70. The van der Waals surface area contributed by atoms with E-state index in [1.807, 2.05) is 72.7 Å². The predicted molar refractivity (Wildman–Crippen MR) is 153 cm³/mol. The molecule has 2 aliphatic rings. The first-order valence-corrected chi connectivity index (χ1v) is 13.7. The molecule has 0 bridgehead atoms. The van der Waals surface area contributed by atoms with Crippen LogP contribution in [0.4, 0.5) is 17.3 Å². The van der Waals surface area contributed by atoms with Crippen LogP contribution in [0.2, 0.25) is 5.02 Å². The maximum absolute atomic E-state index is 12.6. The number of aromatic nitrogens is 3. The van der Waals surface area contributed by atoms with Gasteiger partial charge in [-0.2, -0.15) is 4.98 Å². The van der Waals surface area contributed by atoms with E-state index >= 15 is 0 Å². The Kier molecular flexibility index (Phi) is 6.88. The van der Waals surface area contributed by atoms with Gasteiger partial charge in [0.25, 0.3) is 5.91 Å². The average Bonchev–Trinajstić information content (AvgIpc) is 3.36. The molecule has 0 atom stereocenters. The molecule has 9 nitrogen and oxygen atoms in total. The van der Waals surface area contributed by atoms with Crippen LogP contribution in [0, 0.1) is 0 Å². The number of likely N-dealkylation sites (N-methyl/N-ethyl adjacent to an activating group) is 1. The zero-order chi connectivity index (χ0) is 27.0. The molecule has 0 spiro atoms. The Morgan fingerprint density at radius 3 is 2.46 bits per heavy atom. The number of piperidine rings is 1. The molecule has 1 amide bonds. The Morgan fingerprint density at radius 1 is 1.08 bits per heavy atom. The van der Waals surface area contributed by atoms with Gasteiger partial charge in [0.15, 0.2) is 5.65 Å². The third kappa shape index (κ3) is 4.93. The summed E-state index contributed by atoms with van der Waals surface area (Å²) in [5.74, 6) is 0.537. The highest BCUT2D eigenvalue weighted by atomic mass is 35.5. The Morgan fingerprint density at radius 2 is 1.79 bits per heavy atom. The summed E-state index contributed by atoms with van der Waals surface area (Å²) in [4.78, 5) is 21.6. The molecule has 4 aromatic rings. The summed E-state index contributed by atoms with van der Waals surface area (Å²) in [5.41, 5.74) is 4.12. The smallest absolute Gasteiger partial charge is 0.253 e. The molecule has 0 unspecified atom stereocenters. The van der Waals surface area contributed by atoms with Gasteiger partial charge in [-0.15, -0.1) is 5.10 Å². The van der Waals surface area contributed by atoms with Crippen LogP contribution in [0.15, 0.2) is 66.9 Å². The van der Waals surface area contributed by atoms with Gasteiger partial charge in [-0.1, -0.05) is 23.7 Å². The van der Waals surface area contributed by atoms with Gasteiger partial charge in [0.2, 0.25) is 5.95 Å². The first-order valence-electron chi connectivity index (χ1n) is 13.3. The van der Waals surface area contributed by atoms with E-state index in [1.165, 1.54) is 0 Å². The van der Waals surface area contributed by atoms with Gasteiger partial charge in [-0.25, -0.2) is 4.52 Å². The third-order valence-electron chi connectivity index (χ3n) is 8.13. The van der Waals surface area contributed by atoms with E-state index in [0.717, 1.165) is 61.6 Å². The van der Waals surface area contributed by atoms with Crippen molar-refractivity contribution < 1.29 is 9.90 Å². The van der Waals surface area contributed by atoms with Crippen molar-refractivity contribution in [2.75, 3.05) is 50.1 Å². The second-order valence-corrected chi connectivity index (χ2v) is 10.9. The largest absolute Gasteiger partial charge is 0.395 e. The van der Waals surface area contributed by atoms with Crippen LogP contribution in [0.3, 0.4) is 0 Å². The second kappa shape index (κ2) is 10.5. The summed E-state index contributed by atoms with van der Waals surface area (Å²) >= 11 is 6.09. The summed E-state index contributed by atoms with van der Waals surface area (Å²) in [7, 11) is 1.92. The Hall–Kier alpha value is -3.66. The molecule has 2 fully saturated rings. The lowest BCUT2D eigenvalue weighted by Gasteiger charge is -2.42. The van der Waals surface area contributed by atoms with Crippen molar-refractivity contribution >= 4 is 40.5 Å². The quantitative estimate of drug-likeness (QED) is 0.326. The van der Waals surface area contributed by atoms with E-state index in [9.17, 15) is 9.90 Å². The van der Waals surface area contributed by atoms with E-state index in [-0.39, 0.29) is 17.9 Å². The highest BCUT2D eigenvalue weighted by Gasteiger charge is 2.36. The number of aliphatic hydroxyl groups excluding tert-OH is 1. The fourth-order valence-electron chi connectivity index (χ4n) is 5.54. The van der Waals surface area contributed by atoms with Crippen LogP contribution in [0.5, 0.6) is 0 Å². The van der Waals surface area contributed by atoms with Crippen molar-refractivity contribution in [1.29, 1.82) is 0 Å². The number of anilines is 3. The van der Waals surface area contributed by atoms with Crippen LogP contribution < -0.4 is 15.5 Å². The minimum Gasteiger partial charge on any atom is -0.395 e. The maximum Gasteiger partial charge on any atom is 0.253 e. The number of likely N-dealkylation sites (tertiary alicyclic amines) is 1. The standard InChI is InChI=1S/C29H32ClN7O2/c1-31-24-17-36(18-24)27(39)20-4-10-23(11-5-20)32-28-33-26-25(3-2-14-37(26)34-28)35-15-12-29(19-38,13-16-35)21-6-8-22(30)9-7-21/h2-11,14,24,31,38H,12-13,15-19H2,1H3,(H,32,34). The van der Waals surface area contributed by atoms with Crippen LogP contribution in [0.25, 0.3) is 5.65 Å². The first-order chi connectivity index (χ1) is 19.0. The van der Waals surface area contributed by atoms with E-state index in [0.29, 0.717) is 22.6 Å². The minimum atomic E-state index is -0.273. The van der Waals surface area contributed by atoms with Gasteiger partial charge in [0.1, 0.15) is 0 Å². The summed E-state index contributed by atoms with van der Waals surface area (Å²) in [6, 6.07) is 19.7. The van der Waals surface area contributed by atoms with E-state index in [1.54, 1.807) is 4.52 Å². The fourth-order valence-corrected chi connectivity index (χ4v) is 5.67. The molecule has 2 aliphatic heterocycles. The molecule has 4 heterocycles. The Bertz CT molecular complexity index is 1460. The lowest BCUT2D eigenvalue weighted by molar-refractivity contribution is 0.0577. The number of nitrogens with zero attached hydrogens (tertiary/aromatic N) is 5. The number of halogens is 1. The van der Waals surface area contributed by atoms with Crippen LogP contribution >= 0.6 is 11.6 Å². The molecule has 39 heavy (non-hydrogen) atoms. The van der Waals surface area contributed by atoms with Crippen molar-refractivity contribution in [3.8, 4) is 0 Å². The van der Waals surface area contributed by atoms with Crippen molar-refractivity contribution in [3.05, 3.63) is 83.0 Å². The van der Waals surface area contributed by atoms with Gasteiger partial charge >= 0.3 is 0 Å². The van der Waals surface area contributed by atoms with Crippen molar-refractivity contribution in [1.82, 2.24) is 24.8 Å². The Labute approximate surface area is 232 Å². The van der Waals surface area contributed by atoms with E-state index in [4.69, 9.17) is 16.6 Å². The summed E-state index contributed by atoms with van der Waals surface area (Å²) < 4.78 is 1.78. The van der Waals surface area contributed by atoms with Crippen LogP contribution in [-0.4, -0.2) is 76.4 Å². The lowest BCUT2D eigenvalue weighted by atomic mass is 9.73. The lowest BCUT2D eigenvalue weighted by Crippen LogP contribution is -2.58. The van der Waals surface area contributed by atoms with Crippen molar-refractivity contribution in [2.24, 2.45) is 0 Å². The number of aliphatic hydroxyl groups is 1. The number of fused-ring (bicyclic) bond motifs is 1. The van der Waals surface area contributed by atoms with Crippen molar-refractivity contribution in [2.45, 2.75) is 24.3 Å². The number of pyridine rings is 1. The van der Waals surface area contributed by atoms with Gasteiger partial charge in [-0.05, 0) is 74.0 Å². The molecule has 2 saturated heterocycles. The number of hydrogen-bond acceptors (Lipinski definition) is 7. The van der Waals surface area contributed by atoms with Crippen molar-refractivity contribution in [3.63, 3.8) is 0 Å². The normalized spacial score (nSPS) is 17.3. The zero-order valence-corrected chi connectivity index (χ0v) is 22.6. The molecule has 10 heteroatoms. The van der Waals surface area contributed by atoms with Crippen LogP contribution in [0.1, 0.15) is 28.8 Å². The average molecular weight is 546 g/mol. The SMILES string of the molecule is CNC1CN(C(=O)c2ccc(Nc3nc4c(N5CCC(CO)(c6ccc(Cl)cc6)CC5)cccn4n3)cc2)C1. The zero-order valence-electron chi connectivity index (χ0n) is 21.8. The van der Waals surface area contributed by atoms with Gasteiger partial charge in [0, 0.05) is 60.1 Å². The monoisotopic (exact) mass is 545 g/mol. The topological polar surface area (TPSA) is 98.0 Å². The summed E-state index contributed by atoms with van der Waals surface area (Å²) in [6.45, 7) is 3.16. The number of benzene rings is 2. The first kappa shape index (κ1) is 25.6. The molecular weight excluding hydrogens is 514 g/mol. The molecule has 0 saturated carbocycles. The highest BCUT2D eigenvalue weighted by molar-refractivity contribution is 6.30. The Balaban J connectivity index is 1.15. The molecule has 6 rings (SSSR count). The molecule has 0 aliphatic carbocycles. The maximum atomic E-state index is 12.6. The number of carbonyl (C=O) groups excluding carboxylic acids is 1. The number of hydrogen-bond donors (Lipinski definition) is 3. The van der Waals surface area contributed by atoms with E-state index in [2.05, 4.69) is 26.7 Å². The third-order valence-corrected chi connectivity index (χ3v) is 8.38. The van der Waals surface area contributed by atoms with Gasteiger partial charge < -0.3 is 25.5 Å². The molecule has 202 valence electrons. The molecule has 2 aromatic carbocycles. The second-order valence-electron chi connectivity index (χ2n) is 10.4. The number of amides is 1. The summed E-state index contributed by atoms with van der Waals surface area (Å²) in [6.07, 6.45) is 3.53. The summed E-state index contributed by atoms with van der Waals surface area (Å²) in [5, 5.41) is 22.1. The van der Waals surface area contributed by atoms with Crippen LogP contribution in [-0.2, 0) is 5.41 Å². The number of nitrogens with one attached hydrogen (secondary N) is 2. The fraction of sp³-hybridized carbons (Fsp3) is 0.345. The van der Waals surface area contributed by atoms with Gasteiger partial charge in [-0.3, -0.25) is 4.79 Å². The molecule has 0 radical (unpaired) electrons. The molecule has 2 aromatic heterocycles. The van der Waals surface area contributed by atoms with Gasteiger partial charge in [0.05, 0.1) is 12.3 Å². The highest BCUT2D eigenvalue weighted by Crippen LogP contribution is 2.38. The number of carbonyl (C=O) groups is 1. The number of rotatable bonds is 7. The molecule has 3 N–H and O–H groups in total. The molecular formula is C29H32ClN7O2. The minimum absolute atomic E-state index is 0.0476.